The minimum absolute atomic E-state index is 0.0191. The van der Waals surface area contributed by atoms with Crippen LogP contribution in [0.5, 0.6) is 11.5 Å². The number of nitrogens with zero attached hydrogens (tertiary/aromatic N) is 1. The van der Waals surface area contributed by atoms with Crippen molar-refractivity contribution in [2.75, 3.05) is 26.8 Å². The highest BCUT2D eigenvalue weighted by atomic mass is 19.4. The predicted molar refractivity (Wildman–Crippen MR) is 107 cm³/mol. The van der Waals surface area contributed by atoms with Crippen LogP contribution in [-0.4, -0.2) is 60.8 Å². The van der Waals surface area contributed by atoms with Crippen LogP contribution in [0, 0.1) is 0 Å². The largest absolute Gasteiger partial charge is 0.493 e. The SMILES string of the molecule is COc1cc2c(cc1OCCCC(F)(F)F)CCN1C[C@@H](OC(C)(C)C)[C@H](O)C[C@H]21. The lowest BCUT2D eigenvalue weighted by molar-refractivity contribution is -0.149. The van der Waals surface area contributed by atoms with Crippen molar-refractivity contribution in [1.29, 1.82) is 0 Å². The van der Waals surface area contributed by atoms with Crippen molar-refractivity contribution in [2.45, 2.75) is 76.5 Å². The molecule has 0 saturated carbocycles. The van der Waals surface area contributed by atoms with E-state index in [4.69, 9.17) is 14.2 Å². The van der Waals surface area contributed by atoms with E-state index in [-0.39, 0.29) is 30.8 Å². The molecule has 3 atom stereocenters. The van der Waals surface area contributed by atoms with Crippen LogP contribution in [0.3, 0.4) is 0 Å². The number of benzene rings is 1. The average molecular weight is 431 g/mol. The third-order valence-electron chi connectivity index (χ3n) is 5.57. The number of aliphatic hydroxyl groups is 1. The van der Waals surface area contributed by atoms with Crippen LogP contribution in [-0.2, 0) is 11.2 Å². The number of piperidine rings is 1. The van der Waals surface area contributed by atoms with Crippen molar-refractivity contribution in [3.05, 3.63) is 23.3 Å². The third kappa shape index (κ3) is 5.80. The van der Waals surface area contributed by atoms with E-state index in [2.05, 4.69) is 4.90 Å². The zero-order valence-corrected chi connectivity index (χ0v) is 18.1. The summed E-state index contributed by atoms with van der Waals surface area (Å²) in [5, 5.41) is 10.7. The fraction of sp³-hybridized carbons (Fsp3) is 0.727. The molecule has 5 nitrogen and oxygen atoms in total. The van der Waals surface area contributed by atoms with E-state index in [1.54, 1.807) is 0 Å². The van der Waals surface area contributed by atoms with Crippen LogP contribution in [0.1, 0.15) is 57.2 Å². The molecule has 1 aromatic rings. The summed E-state index contributed by atoms with van der Waals surface area (Å²) in [7, 11) is 1.52. The van der Waals surface area contributed by atoms with Crippen LogP contribution < -0.4 is 9.47 Å². The maximum absolute atomic E-state index is 12.3. The Morgan fingerprint density at radius 2 is 1.90 bits per heavy atom. The van der Waals surface area contributed by atoms with E-state index in [1.807, 2.05) is 32.9 Å². The first-order valence-corrected chi connectivity index (χ1v) is 10.5. The van der Waals surface area contributed by atoms with Crippen molar-refractivity contribution in [3.8, 4) is 11.5 Å². The third-order valence-corrected chi connectivity index (χ3v) is 5.57. The van der Waals surface area contributed by atoms with Crippen LogP contribution in [0.25, 0.3) is 0 Å². The molecule has 0 amide bonds. The summed E-state index contributed by atoms with van der Waals surface area (Å²) < 4.78 is 54.2. The summed E-state index contributed by atoms with van der Waals surface area (Å²) in [6.45, 7) is 7.42. The molecule has 8 heteroatoms. The Morgan fingerprint density at radius 1 is 1.17 bits per heavy atom. The number of methoxy groups -OCH3 is 1. The van der Waals surface area contributed by atoms with Gasteiger partial charge in [-0.1, -0.05) is 0 Å². The molecule has 0 bridgehead atoms. The van der Waals surface area contributed by atoms with Gasteiger partial charge in [0.15, 0.2) is 11.5 Å². The number of aliphatic hydroxyl groups excluding tert-OH is 1. The molecule has 0 spiro atoms. The van der Waals surface area contributed by atoms with Crippen LogP contribution in [0.2, 0.25) is 0 Å². The average Bonchev–Trinajstić information content (AvgIpc) is 2.63. The number of hydrogen-bond donors (Lipinski definition) is 1. The van der Waals surface area contributed by atoms with Crippen LogP contribution >= 0.6 is 0 Å². The second kappa shape index (κ2) is 8.93. The van der Waals surface area contributed by atoms with Crippen molar-refractivity contribution in [3.63, 3.8) is 0 Å². The molecular formula is C22H32F3NO4. The van der Waals surface area contributed by atoms with Crippen LogP contribution in [0.4, 0.5) is 13.2 Å². The summed E-state index contributed by atoms with van der Waals surface area (Å²) in [4.78, 5) is 2.33. The molecule has 30 heavy (non-hydrogen) atoms. The molecule has 2 aliphatic heterocycles. The Balaban J connectivity index is 1.72. The van der Waals surface area contributed by atoms with E-state index in [1.165, 1.54) is 7.11 Å². The minimum Gasteiger partial charge on any atom is -0.493 e. The van der Waals surface area contributed by atoms with Crippen LogP contribution in [0.15, 0.2) is 12.1 Å². The molecule has 170 valence electrons. The monoisotopic (exact) mass is 431 g/mol. The van der Waals surface area contributed by atoms with E-state index in [0.29, 0.717) is 24.5 Å². The highest BCUT2D eigenvalue weighted by molar-refractivity contribution is 5.49. The van der Waals surface area contributed by atoms with Crippen molar-refractivity contribution >= 4 is 0 Å². The van der Waals surface area contributed by atoms with Gasteiger partial charge in [0.25, 0.3) is 0 Å². The number of fused-ring (bicyclic) bond motifs is 3. The summed E-state index contributed by atoms with van der Waals surface area (Å²) in [6.07, 6.45) is -4.59. The number of alkyl halides is 3. The summed E-state index contributed by atoms with van der Waals surface area (Å²) >= 11 is 0. The van der Waals surface area contributed by atoms with Gasteiger partial charge in [-0.15, -0.1) is 0 Å². The Bertz CT molecular complexity index is 732. The Morgan fingerprint density at radius 3 is 2.53 bits per heavy atom. The van der Waals surface area contributed by atoms with E-state index >= 15 is 0 Å². The van der Waals surface area contributed by atoms with Gasteiger partial charge in [0.05, 0.1) is 31.5 Å². The standard InChI is InChI=1S/C22H32F3NO4/c1-21(2,3)30-20-13-26-8-6-14-10-19(29-9-5-7-22(23,24)25)18(28-4)11-15(14)16(26)12-17(20)27/h10-11,16-17,20,27H,5-9,12-13H2,1-4H3/t16-,17-,20-/m1/s1. The molecule has 1 fully saturated rings. The molecule has 3 rings (SSSR count). The highest BCUT2D eigenvalue weighted by Gasteiger charge is 2.40. The van der Waals surface area contributed by atoms with Gasteiger partial charge in [0, 0.05) is 25.6 Å². The van der Waals surface area contributed by atoms with Crippen molar-refractivity contribution in [2.24, 2.45) is 0 Å². The molecule has 2 heterocycles. The maximum atomic E-state index is 12.3. The zero-order valence-electron chi connectivity index (χ0n) is 18.1. The van der Waals surface area contributed by atoms with Gasteiger partial charge in [-0.05, 0) is 63.3 Å². The fourth-order valence-electron chi connectivity index (χ4n) is 4.29. The van der Waals surface area contributed by atoms with Crippen molar-refractivity contribution < 1.29 is 32.5 Å². The van der Waals surface area contributed by atoms with E-state index in [9.17, 15) is 18.3 Å². The second-order valence-corrected chi connectivity index (χ2v) is 9.10. The van der Waals surface area contributed by atoms with E-state index in [0.717, 1.165) is 24.1 Å². The first kappa shape index (κ1) is 23.2. The lowest BCUT2D eigenvalue weighted by atomic mass is 9.84. The zero-order chi connectivity index (χ0) is 22.1. The molecule has 1 aromatic carbocycles. The van der Waals surface area contributed by atoms with Gasteiger partial charge in [-0.2, -0.15) is 13.2 Å². The van der Waals surface area contributed by atoms with Gasteiger partial charge < -0.3 is 19.3 Å². The smallest absolute Gasteiger partial charge is 0.389 e. The lowest BCUT2D eigenvalue weighted by Crippen LogP contribution is -2.53. The summed E-state index contributed by atoms with van der Waals surface area (Å²) in [5.41, 5.74) is 1.84. The summed E-state index contributed by atoms with van der Waals surface area (Å²) in [5.74, 6) is 0.974. The number of hydrogen-bond acceptors (Lipinski definition) is 5. The maximum Gasteiger partial charge on any atom is 0.389 e. The Kier molecular flexibility index (Phi) is 6.89. The molecule has 0 unspecified atom stereocenters. The van der Waals surface area contributed by atoms with E-state index < -0.39 is 18.7 Å². The topological polar surface area (TPSA) is 51.2 Å². The molecular weight excluding hydrogens is 399 g/mol. The number of ether oxygens (including phenoxy) is 3. The van der Waals surface area contributed by atoms with Gasteiger partial charge in [-0.3, -0.25) is 4.90 Å². The molecule has 1 saturated heterocycles. The number of halogens is 3. The Hall–Kier alpha value is -1.51. The molecule has 1 N–H and O–H groups in total. The van der Waals surface area contributed by atoms with Gasteiger partial charge in [0.2, 0.25) is 0 Å². The minimum atomic E-state index is -4.18. The first-order chi connectivity index (χ1) is 14.0. The first-order valence-electron chi connectivity index (χ1n) is 10.5. The van der Waals surface area contributed by atoms with Gasteiger partial charge in [0.1, 0.15) is 0 Å². The molecule has 2 aliphatic rings. The Labute approximate surface area is 176 Å². The normalized spacial score (nSPS) is 24.9. The van der Waals surface area contributed by atoms with Gasteiger partial charge >= 0.3 is 6.18 Å². The highest BCUT2D eigenvalue weighted by Crippen LogP contribution is 2.42. The molecule has 0 aliphatic carbocycles. The predicted octanol–water partition coefficient (Wildman–Crippen LogP) is 4.26. The number of rotatable bonds is 6. The van der Waals surface area contributed by atoms with Gasteiger partial charge in [-0.25, -0.2) is 0 Å². The fourth-order valence-corrected chi connectivity index (χ4v) is 4.29. The quantitative estimate of drug-likeness (QED) is 0.682. The lowest BCUT2D eigenvalue weighted by Gasteiger charge is -2.46. The molecule has 0 radical (unpaired) electrons. The second-order valence-electron chi connectivity index (χ2n) is 9.10. The van der Waals surface area contributed by atoms with Crippen molar-refractivity contribution in [1.82, 2.24) is 4.90 Å². The summed E-state index contributed by atoms with van der Waals surface area (Å²) in [6, 6.07) is 3.84. The molecule has 0 aromatic heterocycles.